The number of anilines is 1. The molecule has 61 heavy (non-hydrogen) atoms. The summed E-state index contributed by atoms with van der Waals surface area (Å²) in [4.78, 5) is 80.9. The van der Waals surface area contributed by atoms with Crippen molar-refractivity contribution in [2.45, 2.75) is 121 Å². The minimum absolute atomic E-state index is 0.000272. The van der Waals surface area contributed by atoms with Crippen LogP contribution in [0.1, 0.15) is 85.5 Å². The molecule has 3 aliphatic heterocycles. The third-order valence-corrected chi connectivity index (χ3v) is 12.9. The van der Waals surface area contributed by atoms with Gasteiger partial charge in [-0.15, -0.1) is 11.3 Å². The van der Waals surface area contributed by atoms with E-state index in [2.05, 4.69) is 21.3 Å². The Morgan fingerprint density at radius 2 is 1.89 bits per heavy atom. The molecule has 5 amide bonds. The third-order valence-electron chi connectivity index (χ3n) is 12.1. The van der Waals surface area contributed by atoms with Gasteiger partial charge in [0, 0.05) is 60.8 Å². The number of aliphatic carboxylic acids is 1. The minimum atomic E-state index is -1.48. The van der Waals surface area contributed by atoms with Gasteiger partial charge >= 0.3 is 12.0 Å². The number of carboxylic acids is 1. The number of aromatic nitrogens is 2. The van der Waals surface area contributed by atoms with Crippen LogP contribution in [0.15, 0.2) is 41.8 Å². The van der Waals surface area contributed by atoms with Crippen molar-refractivity contribution in [3.63, 3.8) is 0 Å². The number of carbonyl (C=O) groups excluding carboxylic acids is 4. The summed E-state index contributed by atoms with van der Waals surface area (Å²) in [7, 11) is 1.58. The zero-order valence-electron chi connectivity index (χ0n) is 35.6. The van der Waals surface area contributed by atoms with Crippen LogP contribution in [0.5, 0.6) is 11.5 Å². The predicted molar refractivity (Wildman–Crippen MR) is 231 cm³/mol. The largest absolute Gasteiger partial charge is 0.497 e. The lowest BCUT2D eigenvalue weighted by atomic mass is 10.0. The molecule has 0 radical (unpaired) electrons. The highest BCUT2D eigenvalue weighted by Crippen LogP contribution is 2.45. The van der Waals surface area contributed by atoms with Crippen LogP contribution in [0.2, 0.25) is 0 Å². The van der Waals surface area contributed by atoms with Gasteiger partial charge in [0.25, 0.3) is 0 Å². The van der Waals surface area contributed by atoms with E-state index in [4.69, 9.17) is 19.4 Å². The van der Waals surface area contributed by atoms with Gasteiger partial charge in [-0.25, -0.2) is 19.6 Å². The number of rotatable bonds is 12. The highest BCUT2D eigenvalue weighted by molar-refractivity contribution is 7.14. The number of nitrogens with zero attached hydrogens (tertiary/aromatic N) is 4. The Labute approximate surface area is 360 Å². The third kappa shape index (κ3) is 10.0. The molecule has 2 aromatic heterocycles. The normalized spacial score (nSPS) is 25.6. The maximum atomic E-state index is 14.8. The van der Waals surface area contributed by atoms with Gasteiger partial charge in [0.1, 0.15) is 40.9 Å². The molecular weight excluding hydrogens is 801 g/mol. The number of allylic oxidation sites excluding steroid dienone is 1. The Morgan fingerprint density at radius 3 is 2.61 bits per heavy atom. The number of fused-ring (bicyclic) bond motifs is 3. The number of ether oxygens (including phenoxy) is 2. The number of carboxylic acid groups (broad SMARTS) is 1. The lowest BCUT2D eigenvalue weighted by molar-refractivity contribution is -0.145. The number of amides is 5. The van der Waals surface area contributed by atoms with Gasteiger partial charge in [-0.1, -0.05) is 38.8 Å². The van der Waals surface area contributed by atoms with E-state index in [1.165, 1.54) is 16.2 Å². The molecular formula is C44H58N8O8S. The van der Waals surface area contributed by atoms with Crippen LogP contribution < -0.4 is 30.7 Å². The lowest BCUT2D eigenvalue weighted by Crippen LogP contribution is -2.58. The van der Waals surface area contributed by atoms with E-state index in [1.807, 2.05) is 51.3 Å². The number of hydrogen-bond donors (Lipinski definition) is 5. The van der Waals surface area contributed by atoms with Gasteiger partial charge in [-0.2, -0.15) is 0 Å². The second-order valence-corrected chi connectivity index (χ2v) is 18.2. The van der Waals surface area contributed by atoms with Crippen molar-refractivity contribution in [3.8, 4) is 22.9 Å². The molecule has 5 heterocycles. The van der Waals surface area contributed by atoms with Crippen molar-refractivity contribution in [1.29, 1.82) is 0 Å². The summed E-state index contributed by atoms with van der Waals surface area (Å²) in [5.41, 5.74) is 0.321. The SMILES string of the molecule is COc1ccc2c(O[C@@H]3C[C@H]4C(=O)N[C@]5(C(=O)O)CC5/C=C\CCCCC[C@H](NC(=O)N[C@H](CN5CCCC5=O)C(C)C)C(=O)N4C3)cc(-c3csc(NC(C)C)n3)nc2c1. The zero-order valence-corrected chi connectivity index (χ0v) is 36.4. The maximum absolute atomic E-state index is 14.8. The highest BCUT2D eigenvalue weighted by atomic mass is 32.1. The molecule has 0 bridgehead atoms. The van der Waals surface area contributed by atoms with Crippen LogP contribution in [0.4, 0.5) is 9.93 Å². The van der Waals surface area contributed by atoms with Crippen molar-refractivity contribution < 1.29 is 38.6 Å². The lowest BCUT2D eigenvalue weighted by Gasteiger charge is -2.31. The zero-order chi connectivity index (χ0) is 43.4. The molecule has 0 spiro atoms. The van der Waals surface area contributed by atoms with Crippen molar-refractivity contribution in [2.75, 3.05) is 32.1 Å². The Hall–Kier alpha value is -5.45. The van der Waals surface area contributed by atoms with Gasteiger partial charge in [0.2, 0.25) is 17.7 Å². The van der Waals surface area contributed by atoms with Gasteiger partial charge in [0.05, 0.1) is 30.9 Å². The van der Waals surface area contributed by atoms with Crippen LogP contribution >= 0.6 is 11.3 Å². The minimum Gasteiger partial charge on any atom is -0.497 e. The van der Waals surface area contributed by atoms with E-state index >= 15 is 0 Å². The fourth-order valence-electron chi connectivity index (χ4n) is 8.49. The smallest absolute Gasteiger partial charge is 0.330 e. The molecule has 1 unspecified atom stereocenters. The van der Waals surface area contributed by atoms with Crippen molar-refractivity contribution in [2.24, 2.45) is 11.8 Å². The van der Waals surface area contributed by atoms with Crippen LogP contribution in [-0.2, 0) is 19.2 Å². The molecule has 3 aromatic rings. The van der Waals surface area contributed by atoms with E-state index in [0.717, 1.165) is 30.8 Å². The highest BCUT2D eigenvalue weighted by Gasteiger charge is 2.61. The second-order valence-electron chi connectivity index (χ2n) is 17.3. The van der Waals surface area contributed by atoms with E-state index in [9.17, 15) is 29.1 Å². The first-order valence-electron chi connectivity index (χ1n) is 21.5. The molecule has 4 aliphatic rings. The number of urea groups is 1. The first-order chi connectivity index (χ1) is 29.2. The van der Waals surface area contributed by atoms with Crippen molar-refractivity contribution >= 4 is 57.1 Å². The van der Waals surface area contributed by atoms with Gasteiger partial charge in [-0.05, 0) is 64.0 Å². The van der Waals surface area contributed by atoms with Crippen LogP contribution in [0.25, 0.3) is 22.3 Å². The molecule has 7 rings (SSSR count). The quantitative estimate of drug-likeness (QED) is 0.147. The van der Waals surface area contributed by atoms with Gasteiger partial charge in [-0.3, -0.25) is 14.4 Å². The summed E-state index contributed by atoms with van der Waals surface area (Å²) < 4.78 is 12.3. The average molecular weight is 859 g/mol. The molecule has 328 valence electrons. The molecule has 2 saturated heterocycles. The molecule has 16 nitrogen and oxygen atoms in total. The van der Waals surface area contributed by atoms with Crippen LogP contribution in [0.3, 0.4) is 0 Å². The number of likely N-dealkylation sites (tertiary alicyclic amines) is 1. The van der Waals surface area contributed by atoms with E-state index in [-0.39, 0.29) is 49.2 Å². The van der Waals surface area contributed by atoms with E-state index in [1.54, 1.807) is 30.2 Å². The topological polar surface area (TPSA) is 204 Å². The first-order valence-corrected chi connectivity index (χ1v) is 22.4. The van der Waals surface area contributed by atoms with E-state index in [0.29, 0.717) is 66.1 Å². The summed E-state index contributed by atoms with van der Waals surface area (Å²) in [6, 6.07) is 4.48. The van der Waals surface area contributed by atoms with Crippen molar-refractivity contribution in [1.82, 2.24) is 35.7 Å². The number of thiazole rings is 1. The second kappa shape index (κ2) is 18.7. The Bertz CT molecular complexity index is 2160. The molecule has 3 fully saturated rings. The number of hydrogen-bond acceptors (Lipinski definition) is 11. The number of carbonyl (C=O) groups is 5. The first kappa shape index (κ1) is 43.6. The molecule has 5 N–H and O–H groups in total. The van der Waals surface area contributed by atoms with Gasteiger partial charge < -0.3 is 45.6 Å². The van der Waals surface area contributed by atoms with Crippen LogP contribution in [-0.4, -0.2) is 117 Å². The standard InChI is InChI=1S/C44H58N8O8S/c1-25(2)34(23-51-17-11-14-38(51)53)48-42(58)47-31-13-10-8-6-7-9-12-27-21-44(27,41(56)57)50-39(54)36-19-29(22-52(36)40(31)55)60-37-20-33(35-24-61-43(49-35)45-26(3)4)46-32-18-28(59-5)15-16-30(32)37/h9,12,15-16,18,20,24-27,29,31,34,36H,6-8,10-11,13-14,17,19,21-23H2,1-5H3,(H,45,49)(H,50,54)(H,56,57)(H2,47,48,58)/b12-9-/t27?,29-,31+,34-,36+,44-/m1/s1. The van der Waals surface area contributed by atoms with Crippen molar-refractivity contribution in [3.05, 3.63) is 41.8 Å². The molecule has 1 saturated carbocycles. The Morgan fingerprint density at radius 1 is 1.07 bits per heavy atom. The summed E-state index contributed by atoms with van der Waals surface area (Å²) >= 11 is 1.46. The molecule has 1 aromatic carbocycles. The Kier molecular flexibility index (Phi) is 13.4. The summed E-state index contributed by atoms with van der Waals surface area (Å²) in [6.45, 7) is 9.02. The molecule has 1 aliphatic carbocycles. The van der Waals surface area contributed by atoms with E-state index < -0.39 is 47.5 Å². The summed E-state index contributed by atoms with van der Waals surface area (Å²) in [5, 5.41) is 25.8. The maximum Gasteiger partial charge on any atom is 0.330 e. The summed E-state index contributed by atoms with van der Waals surface area (Å²) in [6.07, 6.45) is 8.01. The number of pyridine rings is 1. The number of benzene rings is 1. The van der Waals surface area contributed by atoms with Gasteiger partial charge in [0.15, 0.2) is 5.13 Å². The average Bonchev–Trinajstić information content (AvgIpc) is 3.55. The summed E-state index contributed by atoms with van der Waals surface area (Å²) in [5.74, 6) is -1.42. The fourth-order valence-corrected chi connectivity index (χ4v) is 9.34. The fraction of sp³-hybridized carbons (Fsp3) is 0.568. The number of methoxy groups -OCH3 is 1. The Balaban J connectivity index is 1.18. The van der Waals surface area contributed by atoms with Crippen LogP contribution in [0, 0.1) is 11.8 Å². The monoisotopic (exact) mass is 858 g/mol. The predicted octanol–water partition coefficient (Wildman–Crippen LogP) is 5.33. The molecule has 6 atom stereocenters. The number of nitrogens with one attached hydrogen (secondary N) is 4. The molecule has 17 heteroatoms.